The predicted octanol–water partition coefficient (Wildman–Crippen LogP) is 5.28. The summed E-state index contributed by atoms with van der Waals surface area (Å²) in [5.41, 5.74) is 2.99. The van der Waals surface area contributed by atoms with Crippen LogP contribution in [-0.2, 0) is 4.79 Å². The van der Waals surface area contributed by atoms with Crippen molar-refractivity contribution in [1.82, 2.24) is 0 Å². The molecule has 1 saturated heterocycles. The molecule has 1 unspecified atom stereocenters. The molecule has 0 saturated carbocycles. The van der Waals surface area contributed by atoms with Crippen molar-refractivity contribution in [3.63, 3.8) is 0 Å². The van der Waals surface area contributed by atoms with Gasteiger partial charge in [0.05, 0.1) is 0 Å². The molecule has 21 heavy (non-hydrogen) atoms. The molecule has 2 rings (SSSR count). The van der Waals surface area contributed by atoms with E-state index in [1.54, 1.807) is 0 Å². The molecule has 1 amide bonds. The zero-order valence-electron chi connectivity index (χ0n) is 13.2. The van der Waals surface area contributed by atoms with E-state index < -0.39 is 7.26 Å². The number of aryl methyl sites for hydroxylation is 2. The summed E-state index contributed by atoms with van der Waals surface area (Å²) in [6.45, 7) is 6.22. The second-order valence-corrected chi connectivity index (χ2v) is 10.7. The molecule has 1 atom stereocenters. The van der Waals surface area contributed by atoms with Gasteiger partial charge in [0.15, 0.2) is 0 Å². The summed E-state index contributed by atoms with van der Waals surface area (Å²) in [6, 6.07) is 3.81. The number of nitrogens with one attached hydrogen (secondary N) is 1. The zero-order valence-corrected chi connectivity index (χ0v) is 14.9. The Morgan fingerprint density at radius 1 is 1.33 bits per heavy atom. The summed E-state index contributed by atoms with van der Waals surface area (Å²) in [5.74, 6) is 0.164. The van der Waals surface area contributed by atoms with E-state index >= 15 is 0 Å². The van der Waals surface area contributed by atoms with Gasteiger partial charge in [-0.1, -0.05) is 18.0 Å². The van der Waals surface area contributed by atoms with Gasteiger partial charge in [0.1, 0.15) is 6.16 Å². The fraction of sp³-hybridized carbons (Fsp3) is 0.529. The van der Waals surface area contributed by atoms with Crippen molar-refractivity contribution in [2.75, 3.05) is 23.8 Å². The van der Waals surface area contributed by atoms with E-state index in [0.29, 0.717) is 6.16 Å². The minimum Gasteiger partial charge on any atom is -0.323 e. The van der Waals surface area contributed by atoms with E-state index in [4.69, 9.17) is 11.6 Å². The van der Waals surface area contributed by atoms with Gasteiger partial charge in [-0.05, 0) is 50.5 Å². The summed E-state index contributed by atoms with van der Waals surface area (Å²) in [5, 5.41) is 3.85. The first kappa shape index (κ1) is 16.8. The Morgan fingerprint density at radius 3 is 2.52 bits per heavy atom. The van der Waals surface area contributed by atoms with Gasteiger partial charge in [-0.2, -0.15) is 6.16 Å². The van der Waals surface area contributed by atoms with Gasteiger partial charge in [-0.25, -0.2) is 0 Å². The third kappa shape index (κ3) is 4.20. The van der Waals surface area contributed by atoms with Gasteiger partial charge in [0.25, 0.3) is 5.91 Å². The minimum atomic E-state index is -1.17. The zero-order chi connectivity index (χ0) is 15.5. The SMILES string of the molecule is CC[P+]1(CC(=O)Nc2c(C)cc(Cl)cc2C)[CH-]CCCC1. The van der Waals surface area contributed by atoms with Crippen molar-refractivity contribution in [1.29, 1.82) is 0 Å². The standard InChI is InChI=1S/C17H25ClNOP/c1-4-21(8-6-5-7-9-21)12-16(20)19-17-13(2)10-15(18)11-14(17)3/h8,10-11H,4-7,9,12H2,1-3H3,(H,19,20). The first-order valence-corrected chi connectivity index (χ1v) is 10.5. The number of rotatable bonds is 4. The van der Waals surface area contributed by atoms with Gasteiger partial charge in [-0.15, -0.1) is 13.7 Å². The monoisotopic (exact) mass is 325 g/mol. The maximum absolute atomic E-state index is 12.5. The minimum absolute atomic E-state index is 0.164. The van der Waals surface area contributed by atoms with E-state index in [9.17, 15) is 4.79 Å². The van der Waals surface area contributed by atoms with Crippen LogP contribution in [-0.4, -0.2) is 24.4 Å². The number of carbonyl (C=O) groups is 1. The largest absolute Gasteiger partial charge is 0.323 e. The highest BCUT2D eigenvalue weighted by molar-refractivity contribution is 7.78. The van der Waals surface area contributed by atoms with Crippen LogP contribution in [0.15, 0.2) is 12.1 Å². The van der Waals surface area contributed by atoms with E-state index in [1.165, 1.54) is 25.4 Å². The van der Waals surface area contributed by atoms with Gasteiger partial charge in [0, 0.05) is 23.0 Å². The van der Waals surface area contributed by atoms with Crippen LogP contribution >= 0.6 is 18.9 Å². The highest BCUT2D eigenvalue weighted by atomic mass is 35.5. The lowest BCUT2D eigenvalue weighted by Crippen LogP contribution is -2.23. The van der Waals surface area contributed by atoms with Crippen LogP contribution in [0, 0.1) is 20.0 Å². The topological polar surface area (TPSA) is 29.1 Å². The number of hydrogen-bond donors (Lipinski definition) is 1. The number of carbonyl (C=O) groups excluding carboxylic acids is 1. The van der Waals surface area contributed by atoms with E-state index in [2.05, 4.69) is 18.4 Å². The Labute approximate surface area is 134 Å². The van der Waals surface area contributed by atoms with Gasteiger partial charge in [0.2, 0.25) is 0 Å². The van der Waals surface area contributed by atoms with Crippen molar-refractivity contribution < 1.29 is 4.79 Å². The maximum Gasteiger partial charge on any atom is 0.259 e. The number of anilines is 1. The summed E-state index contributed by atoms with van der Waals surface area (Å²) in [7, 11) is -1.17. The fourth-order valence-corrected chi connectivity index (χ4v) is 6.97. The van der Waals surface area contributed by atoms with Gasteiger partial charge >= 0.3 is 0 Å². The maximum atomic E-state index is 12.5. The molecule has 0 radical (unpaired) electrons. The molecule has 1 fully saturated rings. The van der Waals surface area contributed by atoms with Crippen LogP contribution in [0.2, 0.25) is 5.02 Å². The second-order valence-electron chi connectivity index (χ2n) is 6.06. The smallest absolute Gasteiger partial charge is 0.259 e. The first-order valence-electron chi connectivity index (χ1n) is 7.72. The Balaban J connectivity index is 2.08. The molecule has 1 N–H and O–H groups in total. The van der Waals surface area contributed by atoms with Gasteiger partial charge in [-0.3, -0.25) is 4.79 Å². The molecule has 1 aromatic carbocycles. The second kappa shape index (κ2) is 7.11. The van der Waals surface area contributed by atoms with Crippen molar-refractivity contribution in [2.24, 2.45) is 0 Å². The molecule has 1 aliphatic heterocycles. The Hall–Kier alpha value is -0.590. The lowest BCUT2D eigenvalue weighted by Gasteiger charge is -2.38. The van der Waals surface area contributed by atoms with Crippen LogP contribution in [0.25, 0.3) is 0 Å². The Bertz CT molecular complexity index is 501. The Morgan fingerprint density at radius 2 is 2.00 bits per heavy atom. The lowest BCUT2D eigenvalue weighted by atomic mass is 10.1. The summed E-state index contributed by atoms with van der Waals surface area (Å²) in [4.78, 5) is 12.5. The highest BCUT2D eigenvalue weighted by Gasteiger charge is 2.31. The van der Waals surface area contributed by atoms with Gasteiger partial charge < -0.3 is 5.32 Å². The molecule has 1 aliphatic rings. The van der Waals surface area contributed by atoms with Crippen LogP contribution in [0.5, 0.6) is 0 Å². The molecule has 0 spiro atoms. The van der Waals surface area contributed by atoms with Crippen LogP contribution in [0.4, 0.5) is 5.69 Å². The van der Waals surface area contributed by atoms with Crippen LogP contribution < -0.4 is 5.32 Å². The third-order valence-electron chi connectivity index (χ3n) is 4.42. The molecule has 116 valence electrons. The molecule has 4 heteroatoms. The molecule has 0 bridgehead atoms. The molecule has 2 nitrogen and oxygen atoms in total. The molecule has 1 aromatic rings. The summed E-state index contributed by atoms with van der Waals surface area (Å²) >= 11 is 6.05. The van der Waals surface area contributed by atoms with E-state index in [1.807, 2.05) is 26.0 Å². The molecular weight excluding hydrogens is 301 g/mol. The third-order valence-corrected chi connectivity index (χ3v) is 9.06. The number of hydrogen-bond acceptors (Lipinski definition) is 1. The molecule has 1 heterocycles. The lowest BCUT2D eigenvalue weighted by molar-refractivity contribution is -0.113. The van der Waals surface area contributed by atoms with E-state index in [0.717, 1.165) is 28.0 Å². The number of benzene rings is 1. The molecule has 0 aliphatic carbocycles. The average Bonchev–Trinajstić information content (AvgIpc) is 2.44. The normalized spacial score (nSPS) is 22.1. The van der Waals surface area contributed by atoms with Crippen molar-refractivity contribution in [2.45, 2.75) is 40.0 Å². The predicted molar refractivity (Wildman–Crippen MR) is 94.9 cm³/mol. The highest BCUT2D eigenvalue weighted by Crippen LogP contribution is 2.64. The average molecular weight is 326 g/mol. The Kier molecular flexibility index (Phi) is 5.68. The summed E-state index contributed by atoms with van der Waals surface area (Å²) < 4.78 is 0. The van der Waals surface area contributed by atoms with Crippen molar-refractivity contribution >= 4 is 30.5 Å². The quantitative estimate of drug-likeness (QED) is 0.592. The molecule has 0 aromatic heterocycles. The van der Waals surface area contributed by atoms with Crippen LogP contribution in [0.3, 0.4) is 0 Å². The first-order chi connectivity index (χ1) is 9.96. The van der Waals surface area contributed by atoms with Crippen LogP contribution in [0.1, 0.15) is 37.3 Å². The number of halogens is 1. The van der Waals surface area contributed by atoms with Crippen molar-refractivity contribution in [3.05, 3.63) is 34.4 Å². The molecular formula is C17H25ClNOP. The summed E-state index contributed by atoms with van der Waals surface area (Å²) in [6.07, 6.45) is 9.34. The fourth-order valence-electron chi connectivity index (χ4n) is 3.14. The number of amides is 1. The van der Waals surface area contributed by atoms with E-state index in [-0.39, 0.29) is 5.91 Å². The van der Waals surface area contributed by atoms with Crippen molar-refractivity contribution in [3.8, 4) is 0 Å².